The SMILES string of the molecule is CC1CCN(CCc2nnn[nH]2)CC1. The first-order valence-electron chi connectivity index (χ1n) is 5.29. The summed E-state index contributed by atoms with van der Waals surface area (Å²) in [6, 6.07) is 0. The van der Waals surface area contributed by atoms with Crippen molar-refractivity contribution in [3.05, 3.63) is 5.82 Å². The molecule has 1 aromatic heterocycles. The van der Waals surface area contributed by atoms with Gasteiger partial charge in [0, 0.05) is 13.0 Å². The Balaban J connectivity index is 1.71. The van der Waals surface area contributed by atoms with Crippen molar-refractivity contribution in [1.29, 1.82) is 0 Å². The number of aromatic nitrogens is 4. The molecule has 0 amide bonds. The summed E-state index contributed by atoms with van der Waals surface area (Å²) in [6.45, 7) is 5.85. The second-order valence-electron chi connectivity index (χ2n) is 4.12. The summed E-state index contributed by atoms with van der Waals surface area (Å²) < 4.78 is 0. The minimum absolute atomic E-state index is 0.892. The number of hydrogen-bond donors (Lipinski definition) is 1. The smallest absolute Gasteiger partial charge is 0.149 e. The van der Waals surface area contributed by atoms with E-state index >= 15 is 0 Å². The summed E-state index contributed by atoms with van der Waals surface area (Å²) >= 11 is 0. The monoisotopic (exact) mass is 195 g/mol. The first kappa shape index (κ1) is 9.58. The number of nitrogens with one attached hydrogen (secondary N) is 1. The van der Waals surface area contributed by atoms with E-state index in [-0.39, 0.29) is 0 Å². The molecule has 5 heteroatoms. The van der Waals surface area contributed by atoms with Crippen LogP contribution in [0.3, 0.4) is 0 Å². The summed E-state index contributed by atoms with van der Waals surface area (Å²) in [5, 5.41) is 13.8. The molecule has 1 saturated heterocycles. The predicted octanol–water partition coefficient (Wildman–Crippen LogP) is 0.474. The van der Waals surface area contributed by atoms with Crippen molar-refractivity contribution < 1.29 is 0 Å². The highest BCUT2D eigenvalue weighted by molar-refractivity contribution is 4.79. The predicted molar refractivity (Wildman–Crippen MR) is 52.7 cm³/mol. The Labute approximate surface area is 83.9 Å². The maximum atomic E-state index is 3.87. The zero-order valence-electron chi connectivity index (χ0n) is 8.61. The van der Waals surface area contributed by atoms with Crippen LogP contribution in [-0.2, 0) is 6.42 Å². The molecule has 5 nitrogen and oxygen atoms in total. The van der Waals surface area contributed by atoms with Crippen LogP contribution in [-0.4, -0.2) is 45.2 Å². The molecule has 78 valence electrons. The van der Waals surface area contributed by atoms with Gasteiger partial charge in [-0.2, -0.15) is 0 Å². The molecule has 2 heterocycles. The molecule has 0 bridgehead atoms. The molecule has 0 atom stereocenters. The lowest BCUT2D eigenvalue weighted by Gasteiger charge is -2.29. The van der Waals surface area contributed by atoms with Crippen LogP contribution in [0.25, 0.3) is 0 Å². The summed E-state index contributed by atoms with van der Waals surface area (Å²) in [5.41, 5.74) is 0. The summed E-state index contributed by atoms with van der Waals surface area (Å²) in [4.78, 5) is 2.49. The van der Waals surface area contributed by atoms with Gasteiger partial charge in [-0.15, -0.1) is 5.10 Å². The van der Waals surface area contributed by atoms with Crippen molar-refractivity contribution in [2.45, 2.75) is 26.2 Å². The molecule has 1 fully saturated rings. The quantitative estimate of drug-likeness (QED) is 0.762. The topological polar surface area (TPSA) is 57.7 Å². The van der Waals surface area contributed by atoms with E-state index in [1.807, 2.05) is 0 Å². The highest BCUT2D eigenvalue weighted by Gasteiger charge is 2.15. The van der Waals surface area contributed by atoms with Gasteiger partial charge in [0.2, 0.25) is 0 Å². The molecule has 1 aromatic rings. The van der Waals surface area contributed by atoms with Crippen molar-refractivity contribution in [2.24, 2.45) is 5.92 Å². The number of tetrazole rings is 1. The van der Waals surface area contributed by atoms with Crippen LogP contribution in [0.15, 0.2) is 0 Å². The Hall–Kier alpha value is -0.970. The van der Waals surface area contributed by atoms with Crippen molar-refractivity contribution in [1.82, 2.24) is 25.5 Å². The number of rotatable bonds is 3. The molecule has 2 rings (SSSR count). The average Bonchev–Trinajstić information content (AvgIpc) is 2.70. The van der Waals surface area contributed by atoms with Gasteiger partial charge in [0.1, 0.15) is 5.82 Å². The lowest BCUT2D eigenvalue weighted by atomic mass is 9.99. The summed E-state index contributed by atoms with van der Waals surface area (Å²) in [6.07, 6.45) is 3.59. The molecule has 0 spiro atoms. The van der Waals surface area contributed by atoms with Gasteiger partial charge >= 0.3 is 0 Å². The van der Waals surface area contributed by atoms with Gasteiger partial charge in [0.15, 0.2) is 0 Å². The first-order valence-corrected chi connectivity index (χ1v) is 5.29. The highest BCUT2D eigenvalue weighted by atomic mass is 15.5. The van der Waals surface area contributed by atoms with E-state index in [2.05, 4.69) is 32.4 Å². The zero-order valence-corrected chi connectivity index (χ0v) is 8.61. The van der Waals surface area contributed by atoms with Gasteiger partial charge in [-0.1, -0.05) is 6.92 Å². The molecule has 1 aliphatic rings. The molecule has 1 aliphatic heterocycles. The summed E-state index contributed by atoms with van der Waals surface area (Å²) in [5.74, 6) is 1.79. The fraction of sp³-hybridized carbons (Fsp3) is 0.889. The van der Waals surface area contributed by atoms with Gasteiger partial charge in [-0.3, -0.25) is 0 Å². The van der Waals surface area contributed by atoms with Gasteiger partial charge in [0.05, 0.1) is 0 Å². The van der Waals surface area contributed by atoms with Gasteiger partial charge in [0.25, 0.3) is 0 Å². The Bertz CT molecular complexity index is 250. The Morgan fingerprint density at radius 1 is 1.43 bits per heavy atom. The third-order valence-corrected chi connectivity index (χ3v) is 2.93. The largest absolute Gasteiger partial charge is 0.303 e. The van der Waals surface area contributed by atoms with E-state index < -0.39 is 0 Å². The fourth-order valence-corrected chi connectivity index (χ4v) is 1.83. The second-order valence-corrected chi connectivity index (χ2v) is 4.12. The number of nitrogens with zero attached hydrogens (tertiary/aromatic N) is 4. The Morgan fingerprint density at radius 3 is 2.86 bits per heavy atom. The zero-order chi connectivity index (χ0) is 9.80. The lowest BCUT2D eigenvalue weighted by molar-refractivity contribution is 0.193. The van der Waals surface area contributed by atoms with Crippen molar-refractivity contribution in [3.8, 4) is 0 Å². The van der Waals surface area contributed by atoms with Crippen molar-refractivity contribution >= 4 is 0 Å². The minimum Gasteiger partial charge on any atom is -0.303 e. The van der Waals surface area contributed by atoms with Crippen LogP contribution in [0.4, 0.5) is 0 Å². The number of H-pyrrole nitrogens is 1. The maximum Gasteiger partial charge on any atom is 0.149 e. The third-order valence-electron chi connectivity index (χ3n) is 2.93. The molecule has 0 unspecified atom stereocenters. The number of piperidine rings is 1. The first-order chi connectivity index (χ1) is 6.84. The van der Waals surface area contributed by atoms with Crippen LogP contribution in [0, 0.1) is 5.92 Å². The van der Waals surface area contributed by atoms with Crippen LogP contribution >= 0.6 is 0 Å². The van der Waals surface area contributed by atoms with Crippen LogP contribution in [0.5, 0.6) is 0 Å². The number of aromatic amines is 1. The van der Waals surface area contributed by atoms with E-state index in [4.69, 9.17) is 0 Å². The van der Waals surface area contributed by atoms with Gasteiger partial charge < -0.3 is 4.90 Å². The van der Waals surface area contributed by atoms with E-state index in [9.17, 15) is 0 Å². The minimum atomic E-state index is 0.892. The van der Waals surface area contributed by atoms with E-state index in [0.717, 1.165) is 24.7 Å². The third kappa shape index (κ3) is 2.51. The molecule has 1 N–H and O–H groups in total. The molecule has 0 saturated carbocycles. The lowest BCUT2D eigenvalue weighted by Crippen LogP contribution is -2.34. The Kier molecular flexibility index (Phi) is 3.08. The molecular weight excluding hydrogens is 178 g/mol. The molecular formula is C9H17N5. The van der Waals surface area contributed by atoms with Crippen molar-refractivity contribution in [3.63, 3.8) is 0 Å². The summed E-state index contributed by atoms with van der Waals surface area (Å²) in [7, 11) is 0. The molecule has 0 aliphatic carbocycles. The Morgan fingerprint density at radius 2 is 2.21 bits per heavy atom. The van der Waals surface area contributed by atoms with Crippen LogP contribution < -0.4 is 0 Å². The van der Waals surface area contributed by atoms with Gasteiger partial charge in [-0.05, 0) is 42.3 Å². The molecule has 0 aromatic carbocycles. The van der Waals surface area contributed by atoms with Crippen LogP contribution in [0.2, 0.25) is 0 Å². The number of hydrogen-bond acceptors (Lipinski definition) is 4. The van der Waals surface area contributed by atoms with Crippen LogP contribution in [0.1, 0.15) is 25.6 Å². The van der Waals surface area contributed by atoms with Gasteiger partial charge in [-0.25, -0.2) is 5.10 Å². The second kappa shape index (κ2) is 4.50. The highest BCUT2D eigenvalue weighted by Crippen LogP contribution is 2.15. The van der Waals surface area contributed by atoms with Crippen molar-refractivity contribution in [2.75, 3.05) is 19.6 Å². The molecule has 0 radical (unpaired) electrons. The maximum absolute atomic E-state index is 3.87. The number of likely N-dealkylation sites (tertiary alicyclic amines) is 1. The van der Waals surface area contributed by atoms with E-state index in [0.29, 0.717) is 0 Å². The standard InChI is InChI=1S/C9H17N5/c1-8-2-5-14(6-3-8)7-4-9-10-12-13-11-9/h8H,2-7H2,1H3,(H,10,11,12,13). The molecule has 14 heavy (non-hydrogen) atoms. The fourth-order valence-electron chi connectivity index (χ4n) is 1.83. The van der Waals surface area contributed by atoms with E-state index in [1.54, 1.807) is 0 Å². The normalized spacial score (nSPS) is 20.1. The average molecular weight is 195 g/mol. The van der Waals surface area contributed by atoms with E-state index in [1.165, 1.54) is 25.9 Å².